The Labute approximate surface area is 164 Å². The zero-order chi connectivity index (χ0) is 20.6. The van der Waals surface area contributed by atoms with Crippen molar-refractivity contribution in [3.05, 3.63) is 17.5 Å². The zero-order valence-electron chi connectivity index (χ0n) is 17.9. The molecule has 0 unspecified atom stereocenters. The van der Waals surface area contributed by atoms with E-state index in [-0.39, 0.29) is 5.75 Å². The summed E-state index contributed by atoms with van der Waals surface area (Å²) in [6, 6.07) is 0. The molecule has 0 aliphatic carbocycles. The fraction of sp³-hybridized carbons (Fsp3) is 0.778. The lowest BCUT2D eigenvalue weighted by Gasteiger charge is -2.22. The fourth-order valence-corrected chi connectivity index (χ4v) is 3.65. The van der Waals surface area contributed by atoms with E-state index in [0.29, 0.717) is 25.4 Å². The first-order valence-corrected chi connectivity index (χ1v) is 11.2. The standard InChI is InChI=1S/C18H36N6O2S/c1-8-19-18(20-11-10-12-24(7)27(25,26)9-2)22(5)13-16-14-23(6)21-17(16)15(3)4/h14-15H,8-13H2,1-7H3,(H,19,20). The normalized spacial score (nSPS) is 12.9. The Kier molecular flexibility index (Phi) is 9.25. The van der Waals surface area contributed by atoms with Crippen LogP contribution < -0.4 is 5.32 Å². The number of rotatable bonds is 10. The minimum absolute atomic E-state index is 0.126. The summed E-state index contributed by atoms with van der Waals surface area (Å²) in [4.78, 5) is 6.74. The van der Waals surface area contributed by atoms with Gasteiger partial charge in [0.1, 0.15) is 0 Å². The third kappa shape index (κ3) is 7.14. The molecule has 0 fully saturated rings. The van der Waals surface area contributed by atoms with Gasteiger partial charge in [-0.05, 0) is 26.2 Å². The van der Waals surface area contributed by atoms with Crippen LogP contribution in [0.4, 0.5) is 0 Å². The SMILES string of the molecule is CCNC(=NCCCN(C)S(=O)(=O)CC)N(C)Cc1cn(C)nc1C(C)C. The lowest BCUT2D eigenvalue weighted by molar-refractivity contribution is 0.458. The molecule has 0 saturated carbocycles. The van der Waals surface area contributed by atoms with Crippen LogP contribution in [0.15, 0.2) is 11.2 Å². The molecule has 1 aromatic heterocycles. The molecular weight excluding hydrogens is 364 g/mol. The van der Waals surface area contributed by atoms with Gasteiger partial charge in [-0.15, -0.1) is 0 Å². The average Bonchev–Trinajstić information content (AvgIpc) is 2.97. The first-order valence-electron chi connectivity index (χ1n) is 9.58. The van der Waals surface area contributed by atoms with E-state index < -0.39 is 10.0 Å². The molecule has 0 aliphatic rings. The van der Waals surface area contributed by atoms with Crippen LogP contribution in [0.1, 0.15) is 51.3 Å². The van der Waals surface area contributed by atoms with Crippen molar-refractivity contribution in [1.82, 2.24) is 24.3 Å². The summed E-state index contributed by atoms with van der Waals surface area (Å²) in [7, 11) is 2.44. The molecule has 0 atom stereocenters. The van der Waals surface area contributed by atoms with Crippen molar-refractivity contribution in [2.45, 2.75) is 46.6 Å². The van der Waals surface area contributed by atoms with Crippen molar-refractivity contribution in [2.24, 2.45) is 12.0 Å². The fourth-order valence-electron chi connectivity index (χ4n) is 2.80. The molecule has 27 heavy (non-hydrogen) atoms. The zero-order valence-corrected chi connectivity index (χ0v) is 18.7. The Morgan fingerprint density at radius 2 is 2.00 bits per heavy atom. The predicted octanol–water partition coefficient (Wildman–Crippen LogP) is 1.61. The Bertz CT molecular complexity index is 711. The van der Waals surface area contributed by atoms with Gasteiger partial charge in [0.15, 0.2) is 5.96 Å². The van der Waals surface area contributed by atoms with Gasteiger partial charge in [0.25, 0.3) is 0 Å². The topological polar surface area (TPSA) is 82.8 Å². The second-order valence-electron chi connectivity index (χ2n) is 7.04. The van der Waals surface area contributed by atoms with Gasteiger partial charge in [0, 0.05) is 59.1 Å². The number of guanidine groups is 1. The summed E-state index contributed by atoms with van der Waals surface area (Å²) < 4.78 is 26.8. The summed E-state index contributed by atoms with van der Waals surface area (Å²) >= 11 is 0. The van der Waals surface area contributed by atoms with Crippen molar-refractivity contribution >= 4 is 16.0 Å². The number of sulfonamides is 1. The summed E-state index contributed by atoms with van der Waals surface area (Å²) in [5.41, 5.74) is 2.29. The van der Waals surface area contributed by atoms with Crippen LogP contribution in [0.25, 0.3) is 0 Å². The molecule has 1 heterocycles. The first-order chi connectivity index (χ1) is 12.6. The molecule has 0 spiro atoms. The molecule has 1 aromatic rings. The van der Waals surface area contributed by atoms with Crippen LogP contribution in [-0.4, -0.2) is 72.8 Å². The number of hydrogen-bond donors (Lipinski definition) is 1. The highest BCUT2D eigenvalue weighted by Crippen LogP contribution is 2.18. The first kappa shape index (κ1) is 23.4. The van der Waals surface area contributed by atoms with Crippen molar-refractivity contribution in [3.8, 4) is 0 Å². The molecule has 1 rings (SSSR count). The van der Waals surface area contributed by atoms with Crippen LogP contribution >= 0.6 is 0 Å². The molecule has 0 saturated heterocycles. The lowest BCUT2D eigenvalue weighted by Crippen LogP contribution is -2.38. The number of nitrogens with one attached hydrogen (secondary N) is 1. The Morgan fingerprint density at radius 1 is 1.33 bits per heavy atom. The molecule has 0 aromatic carbocycles. The molecule has 8 nitrogen and oxygen atoms in total. The smallest absolute Gasteiger partial charge is 0.213 e. The number of aliphatic imine (C=N–C) groups is 1. The second-order valence-corrected chi connectivity index (χ2v) is 9.40. The highest BCUT2D eigenvalue weighted by molar-refractivity contribution is 7.89. The second kappa shape index (κ2) is 10.7. The molecule has 9 heteroatoms. The quantitative estimate of drug-likeness (QED) is 0.367. The van der Waals surface area contributed by atoms with E-state index in [9.17, 15) is 8.42 Å². The molecule has 0 bridgehead atoms. The maximum absolute atomic E-state index is 11.8. The Hall–Kier alpha value is -1.61. The van der Waals surface area contributed by atoms with Crippen molar-refractivity contribution in [1.29, 1.82) is 0 Å². The van der Waals surface area contributed by atoms with Gasteiger partial charge in [0.05, 0.1) is 11.4 Å². The van der Waals surface area contributed by atoms with Crippen LogP contribution in [-0.2, 0) is 23.6 Å². The molecule has 0 amide bonds. The summed E-state index contributed by atoms with van der Waals surface area (Å²) in [6.45, 7) is 10.5. The largest absolute Gasteiger partial charge is 0.357 e. The van der Waals surface area contributed by atoms with Crippen LogP contribution in [0.2, 0.25) is 0 Å². The predicted molar refractivity (Wildman–Crippen MR) is 111 cm³/mol. The van der Waals surface area contributed by atoms with E-state index in [1.807, 2.05) is 25.7 Å². The minimum Gasteiger partial charge on any atom is -0.357 e. The van der Waals surface area contributed by atoms with E-state index in [1.54, 1.807) is 14.0 Å². The van der Waals surface area contributed by atoms with E-state index in [2.05, 4.69) is 40.4 Å². The number of hydrogen-bond acceptors (Lipinski definition) is 4. The maximum Gasteiger partial charge on any atom is 0.213 e. The summed E-state index contributed by atoms with van der Waals surface area (Å²) in [5, 5.41) is 7.87. The average molecular weight is 401 g/mol. The number of aryl methyl sites for hydroxylation is 1. The summed E-state index contributed by atoms with van der Waals surface area (Å²) in [5.74, 6) is 1.31. The van der Waals surface area contributed by atoms with Crippen LogP contribution in [0.5, 0.6) is 0 Å². The van der Waals surface area contributed by atoms with E-state index in [4.69, 9.17) is 0 Å². The van der Waals surface area contributed by atoms with Gasteiger partial charge in [-0.25, -0.2) is 12.7 Å². The summed E-state index contributed by atoms with van der Waals surface area (Å²) in [6.07, 6.45) is 2.74. The van der Waals surface area contributed by atoms with Gasteiger partial charge >= 0.3 is 0 Å². The van der Waals surface area contributed by atoms with Crippen LogP contribution in [0, 0.1) is 0 Å². The van der Waals surface area contributed by atoms with Gasteiger partial charge in [-0.3, -0.25) is 9.67 Å². The number of nitrogens with zero attached hydrogens (tertiary/aromatic N) is 5. The van der Waals surface area contributed by atoms with Gasteiger partial charge in [0.2, 0.25) is 10.0 Å². The highest BCUT2D eigenvalue weighted by Gasteiger charge is 2.16. The molecule has 0 aliphatic heterocycles. The Morgan fingerprint density at radius 3 is 2.56 bits per heavy atom. The molecule has 0 radical (unpaired) electrons. The Balaban J connectivity index is 2.72. The highest BCUT2D eigenvalue weighted by atomic mass is 32.2. The van der Waals surface area contributed by atoms with Gasteiger partial charge < -0.3 is 10.2 Å². The molecular formula is C18H36N6O2S. The van der Waals surface area contributed by atoms with Gasteiger partial charge in [-0.2, -0.15) is 5.10 Å². The maximum atomic E-state index is 11.8. The molecule has 1 N–H and O–H groups in total. The van der Waals surface area contributed by atoms with Gasteiger partial charge in [-0.1, -0.05) is 13.8 Å². The minimum atomic E-state index is -3.13. The third-order valence-corrected chi connectivity index (χ3v) is 6.18. The van der Waals surface area contributed by atoms with Crippen molar-refractivity contribution < 1.29 is 8.42 Å². The monoisotopic (exact) mass is 400 g/mol. The number of aromatic nitrogens is 2. The van der Waals surface area contributed by atoms with Crippen molar-refractivity contribution in [3.63, 3.8) is 0 Å². The van der Waals surface area contributed by atoms with E-state index >= 15 is 0 Å². The van der Waals surface area contributed by atoms with E-state index in [1.165, 1.54) is 9.87 Å². The van der Waals surface area contributed by atoms with Crippen molar-refractivity contribution in [2.75, 3.05) is 39.5 Å². The molecule has 156 valence electrons. The van der Waals surface area contributed by atoms with Crippen LogP contribution in [0.3, 0.4) is 0 Å². The van der Waals surface area contributed by atoms with E-state index in [0.717, 1.165) is 24.7 Å². The third-order valence-electron chi connectivity index (χ3n) is 4.32. The lowest BCUT2D eigenvalue weighted by atomic mass is 10.1.